The van der Waals surface area contributed by atoms with Gasteiger partial charge in [0.2, 0.25) is 0 Å². The van der Waals surface area contributed by atoms with Gasteiger partial charge in [0.25, 0.3) is 11.9 Å². The summed E-state index contributed by atoms with van der Waals surface area (Å²) in [7, 11) is 1.66. The van der Waals surface area contributed by atoms with Crippen molar-refractivity contribution in [2.45, 2.75) is 13.3 Å². The van der Waals surface area contributed by atoms with E-state index in [1.807, 2.05) is 30.0 Å². The molecule has 1 fully saturated rings. The SMILES string of the molecule is CCOc1nc2ccc(C(=O)N3CC[C@H](COCCOC)C3)cc2[nH]1. The molecule has 0 spiro atoms. The summed E-state index contributed by atoms with van der Waals surface area (Å²) in [6.45, 7) is 5.82. The fourth-order valence-corrected chi connectivity index (χ4v) is 3.05. The first kappa shape index (κ1) is 17.7. The molecular formula is C18H25N3O4. The molecule has 0 bridgehead atoms. The predicted molar refractivity (Wildman–Crippen MR) is 94.0 cm³/mol. The van der Waals surface area contributed by atoms with E-state index in [0.717, 1.165) is 30.5 Å². The third-order valence-electron chi connectivity index (χ3n) is 4.35. The number of benzene rings is 1. The fourth-order valence-electron chi connectivity index (χ4n) is 3.05. The number of hydrogen-bond donors (Lipinski definition) is 1. The van der Waals surface area contributed by atoms with Gasteiger partial charge in [0, 0.05) is 31.7 Å². The smallest absolute Gasteiger partial charge is 0.294 e. The topological polar surface area (TPSA) is 76.7 Å². The minimum atomic E-state index is 0.0499. The molecule has 0 radical (unpaired) electrons. The van der Waals surface area contributed by atoms with Crippen LogP contribution in [0.3, 0.4) is 0 Å². The van der Waals surface area contributed by atoms with Gasteiger partial charge in [0.15, 0.2) is 0 Å². The van der Waals surface area contributed by atoms with Crippen LogP contribution in [0.25, 0.3) is 11.0 Å². The highest BCUT2D eigenvalue weighted by atomic mass is 16.5. The molecule has 1 N–H and O–H groups in total. The minimum Gasteiger partial charge on any atom is -0.465 e. The van der Waals surface area contributed by atoms with Gasteiger partial charge in [-0.1, -0.05) is 0 Å². The molecule has 1 aromatic heterocycles. The van der Waals surface area contributed by atoms with Gasteiger partial charge in [-0.2, -0.15) is 4.98 Å². The first-order valence-electron chi connectivity index (χ1n) is 8.69. The van der Waals surface area contributed by atoms with Crippen LogP contribution in [0.4, 0.5) is 0 Å². The first-order valence-corrected chi connectivity index (χ1v) is 8.69. The average molecular weight is 347 g/mol. The van der Waals surface area contributed by atoms with E-state index >= 15 is 0 Å². The molecule has 1 atom stereocenters. The fraction of sp³-hybridized carbons (Fsp3) is 0.556. The summed E-state index contributed by atoms with van der Waals surface area (Å²) in [6, 6.07) is 6.00. The molecule has 25 heavy (non-hydrogen) atoms. The van der Waals surface area contributed by atoms with Gasteiger partial charge in [0.05, 0.1) is 37.5 Å². The maximum absolute atomic E-state index is 12.7. The number of aromatic nitrogens is 2. The number of hydrogen-bond acceptors (Lipinski definition) is 5. The third-order valence-corrected chi connectivity index (χ3v) is 4.35. The summed E-state index contributed by atoms with van der Waals surface area (Å²) in [6.07, 6.45) is 0.972. The zero-order valence-electron chi connectivity index (χ0n) is 14.8. The molecule has 2 aromatic rings. The van der Waals surface area contributed by atoms with Crippen molar-refractivity contribution in [1.29, 1.82) is 0 Å². The number of H-pyrrole nitrogens is 1. The van der Waals surface area contributed by atoms with Gasteiger partial charge in [-0.3, -0.25) is 4.79 Å². The van der Waals surface area contributed by atoms with Gasteiger partial charge in [0.1, 0.15) is 0 Å². The second-order valence-corrected chi connectivity index (χ2v) is 6.18. The molecule has 2 heterocycles. The number of fused-ring (bicyclic) bond motifs is 1. The number of imidazole rings is 1. The Labute approximate surface area is 147 Å². The van der Waals surface area contributed by atoms with Crippen LogP contribution in [-0.2, 0) is 9.47 Å². The molecule has 3 rings (SSSR count). The number of nitrogens with zero attached hydrogens (tertiary/aromatic N) is 2. The van der Waals surface area contributed by atoms with Gasteiger partial charge >= 0.3 is 0 Å². The number of amides is 1. The maximum atomic E-state index is 12.7. The molecule has 1 aromatic carbocycles. The summed E-state index contributed by atoms with van der Waals surface area (Å²) < 4.78 is 15.9. The van der Waals surface area contributed by atoms with Crippen molar-refractivity contribution in [2.75, 3.05) is 46.6 Å². The number of carbonyl (C=O) groups is 1. The van der Waals surface area contributed by atoms with Crippen LogP contribution in [0.2, 0.25) is 0 Å². The third kappa shape index (κ3) is 4.29. The lowest BCUT2D eigenvalue weighted by atomic mass is 10.1. The molecule has 1 aliphatic heterocycles. The summed E-state index contributed by atoms with van der Waals surface area (Å²) in [4.78, 5) is 22.1. The average Bonchev–Trinajstić information content (AvgIpc) is 3.24. The van der Waals surface area contributed by atoms with Crippen LogP contribution < -0.4 is 4.74 Å². The Kier molecular flexibility index (Phi) is 5.88. The lowest BCUT2D eigenvalue weighted by molar-refractivity contribution is 0.0515. The molecule has 7 nitrogen and oxygen atoms in total. The molecule has 1 saturated heterocycles. The monoisotopic (exact) mass is 347 g/mol. The number of nitrogens with one attached hydrogen (secondary N) is 1. The van der Waals surface area contributed by atoms with Crippen molar-refractivity contribution in [3.63, 3.8) is 0 Å². The quantitative estimate of drug-likeness (QED) is 0.740. The van der Waals surface area contributed by atoms with Gasteiger partial charge in [-0.25, -0.2) is 0 Å². The zero-order chi connectivity index (χ0) is 17.6. The number of ether oxygens (including phenoxy) is 3. The Hall–Kier alpha value is -2.12. The molecule has 0 saturated carbocycles. The Balaban J connectivity index is 1.60. The number of likely N-dealkylation sites (tertiary alicyclic amines) is 1. The maximum Gasteiger partial charge on any atom is 0.294 e. The molecule has 136 valence electrons. The van der Waals surface area contributed by atoms with E-state index in [0.29, 0.717) is 43.9 Å². The predicted octanol–water partition coefficient (Wildman–Crippen LogP) is 2.09. The normalized spacial score (nSPS) is 17.4. The van der Waals surface area contributed by atoms with Crippen molar-refractivity contribution < 1.29 is 19.0 Å². The van der Waals surface area contributed by atoms with Crippen molar-refractivity contribution in [2.24, 2.45) is 5.92 Å². The van der Waals surface area contributed by atoms with Crippen LogP contribution in [0.5, 0.6) is 6.01 Å². The largest absolute Gasteiger partial charge is 0.465 e. The second kappa shape index (κ2) is 8.31. The van der Waals surface area contributed by atoms with E-state index in [-0.39, 0.29) is 5.91 Å². The van der Waals surface area contributed by atoms with Crippen molar-refractivity contribution in [3.8, 4) is 6.01 Å². The number of rotatable bonds is 8. The van der Waals surface area contributed by atoms with E-state index in [4.69, 9.17) is 14.2 Å². The molecule has 1 amide bonds. The van der Waals surface area contributed by atoms with Crippen molar-refractivity contribution in [1.82, 2.24) is 14.9 Å². The zero-order valence-corrected chi connectivity index (χ0v) is 14.8. The molecule has 0 aliphatic carbocycles. The Morgan fingerprint density at radius 3 is 3.08 bits per heavy atom. The highest BCUT2D eigenvalue weighted by Crippen LogP contribution is 2.22. The first-order chi connectivity index (χ1) is 12.2. The summed E-state index contributed by atoms with van der Waals surface area (Å²) in [5.41, 5.74) is 2.28. The minimum absolute atomic E-state index is 0.0499. The van der Waals surface area contributed by atoms with E-state index < -0.39 is 0 Å². The van der Waals surface area contributed by atoms with Crippen LogP contribution in [0.15, 0.2) is 18.2 Å². The molecule has 1 aliphatic rings. The summed E-state index contributed by atoms with van der Waals surface area (Å²) >= 11 is 0. The standard InChI is InChI=1S/C18H25N3O4/c1-3-25-18-19-15-5-4-14(10-16(15)20-18)17(22)21-7-6-13(11-21)12-24-9-8-23-2/h4-5,10,13H,3,6-9,11-12H2,1-2H3,(H,19,20)/t13-/m0/s1. The van der Waals surface area contributed by atoms with E-state index in [9.17, 15) is 4.79 Å². The van der Waals surface area contributed by atoms with E-state index in [2.05, 4.69) is 9.97 Å². The summed E-state index contributed by atoms with van der Waals surface area (Å²) in [5, 5.41) is 0. The number of aromatic amines is 1. The highest BCUT2D eigenvalue weighted by Gasteiger charge is 2.27. The Bertz CT molecular complexity index is 715. The number of carbonyl (C=O) groups excluding carboxylic acids is 1. The Morgan fingerprint density at radius 2 is 2.28 bits per heavy atom. The lowest BCUT2D eigenvalue weighted by Crippen LogP contribution is -2.29. The highest BCUT2D eigenvalue weighted by molar-refractivity contribution is 5.97. The van der Waals surface area contributed by atoms with Crippen LogP contribution in [-0.4, -0.2) is 67.4 Å². The van der Waals surface area contributed by atoms with Crippen LogP contribution in [0, 0.1) is 5.92 Å². The van der Waals surface area contributed by atoms with Gasteiger partial charge < -0.3 is 24.1 Å². The van der Waals surface area contributed by atoms with E-state index in [1.54, 1.807) is 7.11 Å². The summed E-state index contributed by atoms with van der Waals surface area (Å²) in [5.74, 6) is 0.440. The van der Waals surface area contributed by atoms with Gasteiger partial charge in [-0.15, -0.1) is 0 Å². The number of methoxy groups -OCH3 is 1. The molecule has 0 unspecified atom stereocenters. The lowest BCUT2D eigenvalue weighted by Gasteiger charge is -2.16. The van der Waals surface area contributed by atoms with E-state index in [1.165, 1.54) is 0 Å². The van der Waals surface area contributed by atoms with Crippen molar-refractivity contribution >= 4 is 16.9 Å². The van der Waals surface area contributed by atoms with Crippen LogP contribution >= 0.6 is 0 Å². The Morgan fingerprint density at radius 1 is 1.40 bits per heavy atom. The second-order valence-electron chi connectivity index (χ2n) is 6.18. The molecule has 7 heteroatoms. The van der Waals surface area contributed by atoms with Crippen LogP contribution in [0.1, 0.15) is 23.7 Å². The van der Waals surface area contributed by atoms with Crippen molar-refractivity contribution in [3.05, 3.63) is 23.8 Å². The van der Waals surface area contributed by atoms with Gasteiger partial charge in [-0.05, 0) is 31.5 Å². The molecular weight excluding hydrogens is 322 g/mol.